The molecular weight excluding hydrogens is 578 g/mol. The first kappa shape index (κ1) is 30.7. The molecule has 2 aliphatic rings. The molecule has 0 radical (unpaired) electrons. The molecule has 0 amide bonds. The van der Waals surface area contributed by atoms with Gasteiger partial charge in [-0.25, -0.2) is 4.58 Å². The van der Waals surface area contributed by atoms with Gasteiger partial charge < -0.3 is 9.84 Å². The van der Waals surface area contributed by atoms with Crippen LogP contribution >= 0.6 is 11.6 Å². The number of rotatable bonds is 5. The van der Waals surface area contributed by atoms with Crippen LogP contribution in [-0.2, 0) is 5.88 Å². The van der Waals surface area contributed by atoms with Crippen molar-refractivity contribution in [1.29, 1.82) is 0 Å². The monoisotopic (exact) mass is 622 g/mol. The Hall–Kier alpha value is -3.34. The van der Waals surface area contributed by atoms with E-state index in [1.165, 1.54) is 48.8 Å². The number of hydrogen-bond donors (Lipinski definition) is 1. The van der Waals surface area contributed by atoms with Gasteiger partial charge in [0.15, 0.2) is 5.54 Å². The summed E-state index contributed by atoms with van der Waals surface area (Å²) in [6, 6.07) is 22.3. The van der Waals surface area contributed by atoms with Crippen LogP contribution in [0.5, 0.6) is 17.2 Å². The van der Waals surface area contributed by atoms with Crippen molar-refractivity contribution in [3.63, 3.8) is 0 Å². The molecule has 2 aliphatic heterocycles. The number of halogens is 1. The Morgan fingerprint density at radius 1 is 0.886 bits per heavy atom. The van der Waals surface area contributed by atoms with Crippen LogP contribution in [0.1, 0.15) is 79.0 Å². The topological polar surface area (TPSA) is 32.5 Å². The number of aromatic hydroxyl groups is 1. The van der Waals surface area contributed by atoms with Gasteiger partial charge in [-0.3, -0.25) is 0 Å². The normalized spacial score (nSPS) is 18.0. The van der Waals surface area contributed by atoms with Crippen molar-refractivity contribution in [3.05, 3.63) is 110 Å². The molecule has 0 aliphatic carbocycles. The maximum Gasteiger partial charge on any atom is 0.203 e. The summed E-state index contributed by atoms with van der Waals surface area (Å²) in [7, 11) is -2.18. The molecule has 44 heavy (non-hydrogen) atoms. The largest absolute Gasteiger partial charge is 0.507 e. The average molecular weight is 623 g/mol. The molecule has 1 N–H and O–H groups in total. The van der Waals surface area contributed by atoms with Gasteiger partial charge in [-0.05, 0) is 132 Å². The molecule has 0 fully saturated rings. The SMILES string of the molecule is CC[N+]1=c2cc3c(cc2C(C)CC1(C)C)=C(c1ccc(CCl)cc1C)c1ccc(Oc2cc(C)c(O)c(C)c2)cc1[Si]3(C)C. The van der Waals surface area contributed by atoms with Crippen LogP contribution in [0.15, 0.2) is 60.7 Å². The summed E-state index contributed by atoms with van der Waals surface area (Å²) >= 11 is 6.26. The molecule has 0 aromatic heterocycles. The number of fused-ring (bicyclic) bond motifs is 3. The molecule has 228 valence electrons. The molecule has 0 saturated carbocycles. The van der Waals surface area contributed by atoms with Crippen LogP contribution in [-0.4, -0.2) is 25.3 Å². The van der Waals surface area contributed by atoms with Crippen molar-refractivity contribution in [2.75, 3.05) is 6.54 Å². The van der Waals surface area contributed by atoms with Crippen molar-refractivity contribution in [1.82, 2.24) is 4.58 Å². The summed E-state index contributed by atoms with van der Waals surface area (Å²) in [5.41, 5.74) is 9.46. The molecule has 0 bridgehead atoms. The van der Waals surface area contributed by atoms with E-state index in [0.29, 0.717) is 17.5 Å². The van der Waals surface area contributed by atoms with E-state index < -0.39 is 8.07 Å². The number of alkyl halides is 1. The minimum atomic E-state index is -2.18. The molecule has 5 heteroatoms. The van der Waals surface area contributed by atoms with Crippen LogP contribution in [0.3, 0.4) is 0 Å². The number of aryl methyl sites for hydroxylation is 3. The third kappa shape index (κ3) is 4.91. The lowest BCUT2D eigenvalue weighted by Gasteiger charge is -2.36. The Bertz CT molecular complexity index is 1930. The first-order valence-corrected chi connectivity index (χ1v) is 19.4. The summed E-state index contributed by atoms with van der Waals surface area (Å²) < 4.78 is 9.11. The standard InChI is InChI=1S/C39H44ClNO2Si/c1-10-41-34-20-36-33(19-32(34)26(5)21-39(41,6)7)37(30-13-11-27(22-40)15-23(30)2)31-14-12-28(18-35(31)44(36,8)9)43-29-16-24(3)38(42)25(4)17-29/h11-20,26H,10,21-22H2,1-9H3/p+1. The number of phenolic OH excluding ortho intramolecular Hbond substituents is 1. The highest BCUT2D eigenvalue weighted by Crippen LogP contribution is 2.34. The van der Waals surface area contributed by atoms with Gasteiger partial charge in [0.05, 0.1) is 0 Å². The molecular formula is C39H45ClNO2Si+. The highest BCUT2D eigenvalue weighted by Gasteiger charge is 2.41. The summed E-state index contributed by atoms with van der Waals surface area (Å²) in [6.45, 7) is 21.5. The Morgan fingerprint density at radius 3 is 2.20 bits per heavy atom. The van der Waals surface area contributed by atoms with Crippen molar-refractivity contribution < 1.29 is 9.84 Å². The predicted octanol–water partition coefficient (Wildman–Crippen LogP) is 7.03. The average Bonchev–Trinajstić information content (AvgIpc) is 2.96. The van der Waals surface area contributed by atoms with E-state index >= 15 is 0 Å². The van der Waals surface area contributed by atoms with Gasteiger partial charge in [-0.15, -0.1) is 11.6 Å². The zero-order chi connectivity index (χ0) is 31.7. The van der Waals surface area contributed by atoms with Crippen LogP contribution in [0.2, 0.25) is 13.1 Å². The van der Waals surface area contributed by atoms with E-state index in [0.717, 1.165) is 41.2 Å². The van der Waals surface area contributed by atoms with Gasteiger partial charge in [0.25, 0.3) is 0 Å². The lowest BCUT2D eigenvalue weighted by molar-refractivity contribution is 0.273. The van der Waals surface area contributed by atoms with Gasteiger partial charge in [0.1, 0.15) is 31.9 Å². The van der Waals surface area contributed by atoms with Gasteiger partial charge in [0.2, 0.25) is 5.36 Å². The van der Waals surface area contributed by atoms with Crippen molar-refractivity contribution in [2.24, 2.45) is 0 Å². The van der Waals surface area contributed by atoms with Crippen LogP contribution in [0, 0.1) is 20.8 Å². The van der Waals surface area contributed by atoms with Gasteiger partial charge in [-0.2, -0.15) is 0 Å². The van der Waals surface area contributed by atoms with E-state index in [1.807, 2.05) is 26.0 Å². The zero-order valence-corrected chi connectivity index (χ0v) is 29.4. The molecule has 2 heterocycles. The quantitative estimate of drug-likeness (QED) is 0.147. The minimum Gasteiger partial charge on any atom is -0.507 e. The van der Waals surface area contributed by atoms with Gasteiger partial charge >= 0.3 is 0 Å². The maximum absolute atomic E-state index is 10.3. The number of hydrogen-bond acceptors (Lipinski definition) is 2. The lowest BCUT2D eigenvalue weighted by Crippen LogP contribution is -2.65. The summed E-state index contributed by atoms with van der Waals surface area (Å²) in [5.74, 6) is 2.88. The van der Waals surface area contributed by atoms with Crippen molar-refractivity contribution in [3.8, 4) is 17.2 Å². The second kappa shape index (κ2) is 10.9. The van der Waals surface area contributed by atoms with E-state index in [-0.39, 0.29) is 5.54 Å². The summed E-state index contributed by atoms with van der Waals surface area (Å²) in [5, 5.41) is 16.0. The number of phenols is 1. The fraction of sp³-hybridized carbons (Fsp3) is 0.359. The third-order valence-corrected chi connectivity index (χ3v) is 14.0. The smallest absolute Gasteiger partial charge is 0.203 e. The molecule has 0 saturated heterocycles. The second-order valence-electron chi connectivity index (χ2n) is 14.1. The summed E-state index contributed by atoms with van der Waals surface area (Å²) in [4.78, 5) is 0. The van der Waals surface area contributed by atoms with E-state index in [1.54, 1.807) is 0 Å². The molecule has 1 unspecified atom stereocenters. The van der Waals surface area contributed by atoms with Crippen LogP contribution in [0.25, 0.3) is 5.57 Å². The second-order valence-corrected chi connectivity index (χ2v) is 18.7. The van der Waals surface area contributed by atoms with Gasteiger partial charge in [-0.1, -0.05) is 44.3 Å². The van der Waals surface area contributed by atoms with E-state index in [2.05, 4.69) is 101 Å². The fourth-order valence-corrected chi connectivity index (χ4v) is 11.2. The molecule has 4 aromatic rings. The molecule has 1 atom stereocenters. The van der Waals surface area contributed by atoms with Gasteiger partial charge in [0, 0.05) is 23.9 Å². The molecule has 3 nitrogen and oxygen atoms in total. The first-order chi connectivity index (χ1) is 20.8. The fourth-order valence-electron chi connectivity index (χ4n) is 7.95. The zero-order valence-electron chi connectivity index (χ0n) is 27.7. The Labute approximate surface area is 268 Å². The highest BCUT2D eigenvalue weighted by molar-refractivity contribution is 7.01. The Morgan fingerprint density at radius 2 is 1.57 bits per heavy atom. The molecule has 4 aromatic carbocycles. The first-order valence-electron chi connectivity index (χ1n) is 15.9. The minimum absolute atomic E-state index is 0.107. The molecule has 6 rings (SSSR count). The number of benzene rings is 4. The molecule has 0 spiro atoms. The lowest BCUT2D eigenvalue weighted by atomic mass is 9.82. The van der Waals surface area contributed by atoms with Crippen molar-refractivity contribution in [2.45, 2.75) is 85.3 Å². The van der Waals surface area contributed by atoms with E-state index in [9.17, 15) is 5.11 Å². The summed E-state index contributed by atoms with van der Waals surface area (Å²) in [6.07, 6.45) is 1.14. The van der Waals surface area contributed by atoms with Crippen LogP contribution < -0.4 is 30.3 Å². The van der Waals surface area contributed by atoms with Crippen molar-refractivity contribution >= 4 is 35.6 Å². The van der Waals surface area contributed by atoms with E-state index in [4.69, 9.17) is 16.3 Å². The van der Waals surface area contributed by atoms with Crippen LogP contribution in [0.4, 0.5) is 0 Å². The predicted molar refractivity (Wildman–Crippen MR) is 188 cm³/mol. The highest BCUT2D eigenvalue weighted by atomic mass is 35.5. The Balaban J connectivity index is 1.67. The Kier molecular flexibility index (Phi) is 7.61. The third-order valence-electron chi connectivity index (χ3n) is 10.1. The maximum atomic E-state index is 10.3. The number of nitrogens with zero attached hydrogens (tertiary/aromatic N) is 1. The number of ether oxygens (including phenoxy) is 1.